The van der Waals surface area contributed by atoms with Crippen molar-refractivity contribution in [3.63, 3.8) is 0 Å². The second kappa shape index (κ2) is 16.8. The number of aliphatic hydroxyl groups is 4. The molecule has 1 aliphatic rings. The molecule has 0 unspecified atom stereocenters. The van der Waals surface area contributed by atoms with Crippen molar-refractivity contribution in [3.05, 3.63) is 96.2 Å². The van der Waals surface area contributed by atoms with Crippen molar-refractivity contribution in [1.82, 2.24) is 5.32 Å². The highest BCUT2D eigenvalue weighted by Crippen LogP contribution is 2.15. The lowest BCUT2D eigenvalue weighted by atomic mass is 9.93. The van der Waals surface area contributed by atoms with Crippen LogP contribution in [0.4, 0.5) is 0 Å². The zero-order valence-corrected chi connectivity index (χ0v) is 21.2. The largest absolute Gasteiger partial charge is 0.390 e. The van der Waals surface area contributed by atoms with E-state index in [1.807, 2.05) is 51.2 Å². The molecule has 6 nitrogen and oxygen atoms in total. The minimum atomic E-state index is -1.41. The van der Waals surface area contributed by atoms with Gasteiger partial charge in [-0.1, -0.05) is 97.1 Å². The van der Waals surface area contributed by atoms with E-state index in [4.69, 9.17) is 0 Å². The third kappa shape index (κ3) is 13.6. The van der Waals surface area contributed by atoms with Gasteiger partial charge in [-0.3, -0.25) is 4.79 Å². The summed E-state index contributed by atoms with van der Waals surface area (Å²) in [5, 5.41) is 43.9. The lowest BCUT2D eigenvalue weighted by Gasteiger charge is -2.26. The Morgan fingerprint density at radius 3 is 2.20 bits per heavy atom. The first kappa shape index (κ1) is 30.3. The molecule has 5 N–H and O–H groups in total. The van der Waals surface area contributed by atoms with Gasteiger partial charge in [0.05, 0.1) is 18.3 Å². The van der Waals surface area contributed by atoms with Crippen LogP contribution in [-0.2, 0) is 4.79 Å². The van der Waals surface area contributed by atoms with Gasteiger partial charge in [0.2, 0.25) is 5.91 Å². The van der Waals surface area contributed by atoms with Gasteiger partial charge < -0.3 is 25.7 Å². The quantitative estimate of drug-likeness (QED) is 0.362. The number of carbonyl (C=O) groups excluding carboxylic acids is 1. The fraction of sp³-hybridized carbons (Fsp3) is 0.414. The van der Waals surface area contributed by atoms with Gasteiger partial charge >= 0.3 is 0 Å². The summed E-state index contributed by atoms with van der Waals surface area (Å²) in [7, 11) is 0. The third-order valence-electron chi connectivity index (χ3n) is 5.39. The topological polar surface area (TPSA) is 110 Å². The number of amides is 1. The highest BCUT2D eigenvalue weighted by Gasteiger charge is 2.28. The van der Waals surface area contributed by atoms with Gasteiger partial charge in [0.25, 0.3) is 0 Å². The Morgan fingerprint density at radius 2 is 1.46 bits per heavy atom. The van der Waals surface area contributed by atoms with Gasteiger partial charge in [0.15, 0.2) is 0 Å². The van der Waals surface area contributed by atoms with Crippen molar-refractivity contribution < 1.29 is 25.2 Å². The summed E-state index contributed by atoms with van der Waals surface area (Å²) in [6.07, 6.45) is 20.5. The second-order valence-electron chi connectivity index (χ2n) is 8.96. The molecular formula is C29H41NO5. The molecule has 1 amide bonds. The molecule has 1 heterocycles. The SMILES string of the molecule is CC1=C\C=C\C[C@H](C)NC(=O)/C=C/C=C/C=C/[C@H](C)[C@@H](O)[C@H](O)[C@@H](O)C[C@@H](O)/C=C\C=C\C(C)=C\1. The minimum absolute atomic E-state index is 0.00833. The highest BCUT2D eigenvalue weighted by molar-refractivity contribution is 5.87. The molecule has 1 rings (SSSR count). The molecule has 0 saturated carbocycles. The van der Waals surface area contributed by atoms with Crippen LogP contribution in [0.2, 0.25) is 0 Å². The first-order chi connectivity index (χ1) is 16.6. The predicted octanol–water partition coefficient (Wildman–Crippen LogP) is 3.59. The van der Waals surface area contributed by atoms with Gasteiger partial charge in [0, 0.05) is 24.5 Å². The maximum Gasteiger partial charge on any atom is 0.244 e. The summed E-state index contributed by atoms with van der Waals surface area (Å²) in [6, 6.07) is -0.00833. The Kier molecular flexibility index (Phi) is 14.5. The summed E-state index contributed by atoms with van der Waals surface area (Å²) >= 11 is 0. The Bertz CT molecular complexity index is 891. The molecule has 0 aliphatic carbocycles. The summed E-state index contributed by atoms with van der Waals surface area (Å²) in [6.45, 7) is 7.62. The van der Waals surface area contributed by atoms with E-state index >= 15 is 0 Å². The molecule has 0 aromatic heterocycles. The first-order valence-electron chi connectivity index (χ1n) is 12.0. The lowest BCUT2D eigenvalue weighted by Crippen LogP contribution is -2.41. The molecule has 6 heteroatoms. The molecule has 0 fully saturated rings. The average Bonchev–Trinajstić information content (AvgIpc) is 2.79. The Labute approximate surface area is 209 Å². The van der Waals surface area contributed by atoms with Gasteiger partial charge in [-0.2, -0.15) is 0 Å². The van der Waals surface area contributed by atoms with Gasteiger partial charge in [0.1, 0.15) is 6.10 Å². The third-order valence-corrected chi connectivity index (χ3v) is 5.39. The summed E-state index contributed by atoms with van der Waals surface area (Å²) < 4.78 is 0. The predicted molar refractivity (Wildman–Crippen MR) is 142 cm³/mol. The standard InChI is InChI=1S/C29H41NO5/c1-21-13-9-11-16-24(4)30-27(33)18-8-6-5-7-15-23(3)28(34)29(35)26(32)20-25(31)17-12-10-14-22(2)19-21/h5-15,17-19,23-26,28-29,31-32,34-35H,16,20H2,1-4H3,(H,30,33)/b6-5+,11-9+,14-10+,15-7+,17-12-,18-8+,21-13+,22-19+/t23-,24-,25-,26-,28+,29+/m0/s1. The summed E-state index contributed by atoms with van der Waals surface area (Å²) in [5.41, 5.74) is 2.09. The molecule has 0 spiro atoms. The molecule has 0 radical (unpaired) electrons. The van der Waals surface area contributed by atoms with E-state index in [1.54, 1.807) is 49.5 Å². The van der Waals surface area contributed by atoms with E-state index in [1.165, 1.54) is 12.2 Å². The van der Waals surface area contributed by atoms with Crippen molar-refractivity contribution in [3.8, 4) is 0 Å². The molecule has 35 heavy (non-hydrogen) atoms. The number of nitrogens with one attached hydrogen (secondary N) is 1. The fourth-order valence-electron chi connectivity index (χ4n) is 3.34. The number of allylic oxidation sites excluding steroid dienone is 12. The van der Waals surface area contributed by atoms with E-state index in [0.717, 1.165) is 11.1 Å². The number of hydrogen-bond donors (Lipinski definition) is 5. The van der Waals surface area contributed by atoms with Crippen LogP contribution >= 0.6 is 0 Å². The molecule has 0 bridgehead atoms. The Hall–Kier alpha value is -2.77. The molecule has 0 saturated heterocycles. The van der Waals surface area contributed by atoms with E-state index in [9.17, 15) is 25.2 Å². The summed E-state index contributed by atoms with van der Waals surface area (Å²) in [5.74, 6) is -0.623. The number of hydrogen-bond acceptors (Lipinski definition) is 5. The van der Waals surface area contributed by atoms with E-state index < -0.39 is 30.3 Å². The average molecular weight is 484 g/mol. The second-order valence-corrected chi connectivity index (χ2v) is 8.96. The number of aliphatic hydroxyl groups excluding tert-OH is 4. The monoisotopic (exact) mass is 483 g/mol. The molecule has 1 aliphatic heterocycles. The van der Waals surface area contributed by atoms with Gasteiger partial charge in [-0.25, -0.2) is 0 Å². The summed E-state index contributed by atoms with van der Waals surface area (Å²) in [4.78, 5) is 12.0. The Balaban J connectivity index is 3.00. The van der Waals surface area contributed by atoms with Crippen LogP contribution in [0.15, 0.2) is 96.2 Å². The fourth-order valence-corrected chi connectivity index (χ4v) is 3.34. The highest BCUT2D eigenvalue weighted by atomic mass is 16.4. The Morgan fingerprint density at radius 1 is 0.800 bits per heavy atom. The van der Waals surface area contributed by atoms with E-state index in [0.29, 0.717) is 6.42 Å². The normalized spacial score (nSPS) is 39.0. The van der Waals surface area contributed by atoms with Crippen LogP contribution in [0.3, 0.4) is 0 Å². The van der Waals surface area contributed by atoms with E-state index in [-0.39, 0.29) is 18.4 Å². The molecule has 0 aromatic carbocycles. The van der Waals surface area contributed by atoms with Crippen molar-refractivity contribution in [1.29, 1.82) is 0 Å². The van der Waals surface area contributed by atoms with Gasteiger partial charge in [-0.05, 0) is 27.2 Å². The van der Waals surface area contributed by atoms with Crippen LogP contribution < -0.4 is 5.32 Å². The lowest BCUT2D eigenvalue weighted by molar-refractivity contribution is -0.117. The van der Waals surface area contributed by atoms with Crippen LogP contribution in [0, 0.1) is 5.92 Å². The zero-order valence-electron chi connectivity index (χ0n) is 21.2. The van der Waals surface area contributed by atoms with Crippen LogP contribution in [-0.4, -0.2) is 56.8 Å². The van der Waals surface area contributed by atoms with Crippen molar-refractivity contribution in [2.24, 2.45) is 5.92 Å². The maximum absolute atomic E-state index is 12.0. The molecule has 6 atom stereocenters. The van der Waals surface area contributed by atoms with Crippen LogP contribution in [0.25, 0.3) is 0 Å². The number of rotatable bonds is 0. The molecular weight excluding hydrogens is 442 g/mol. The molecule has 192 valence electrons. The van der Waals surface area contributed by atoms with Crippen LogP contribution in [0.1, 0.15) is 40.5 Å². The minimum Gasteiger partial charge on any atom is -0.390 e. The van der Waals surface area contributed by atoms with Crippen molar-refractivity contribution >= 4 is 5.91 Å². The number of carbonyl (C=O) groups is 1. The van der Waals surface area contributed by atoms with Crippen LogP contribution in [0.5, 0.6) is 0 Å². The maximum atomic E-state index is 12.0. The first-order valence-corrected chi connectivity index (χ1v) is 12.0. The molecule has 0 aromatic rings. The zero-order chi connectivity index (χ0) is 26.2. The van der Waals surface area contributed by atoms with Crippen molar-refractivity contribution in [2.45, 2.75) is 71.0 Å². The van der Waals surface area contributed by atoms with E-state index in [2.05, 4.69) is 5.32 Å². The smallest absolute Gasteiger partial charge is 0.244 e. The van der Waals surface area contributed by atoms with Gasteiger partial charge in [-0.15, -0.1) is 0 Å². The van der Waals surface area contributed by atoms with Crippen molar-refractivity contribution in [2.75, 3.05) is 0 Å².